The van der Waals surface area contributed by atoms with Crippen molar-refractivity contribution in [2.75, 3.05) is 19.8 Å². The van der Waals surface area contributed by atoms with E-state index < -0.39 is 22.0 Å². The Labute approximate surface area is 192 Å². The van der Waals surface area contributed by atoms with Crippen LogP contribution in [-0.4, -0.2) is 44.4 Å². The molecule has 0 saturated carbocycles. The van der Waals surface area contributed by atoms with Crippen LogP contribution in [0.1, 0.15) is 90.4 Å². The summed E-state index contributed by atoms with van der Waals surface area (Å²) in [7, 11) is -4.89. The summed E-state index contributed by atoms with van der Waals surface area (Å²) in [6.45, 7) is 3.43. The zero-order chi connectivity index (χ0) is 19.6. The van der Waals surface area contributed by atoms with E-state index in [2.05, 4.69) is 11.1 Å². The van der Waals surface area contributed by atoms with Crippen LogP contribution in [0, 0.1) is 0 Å². The van der Waals surface area contributed by atoms with Crippen molar-refractivity contribution in [3.05, 3.63) is 0 Å². The van der Waals surface area contributed by atoms with Crippen molar-refractivity contribution in [1.29, 1.82) is 0 Å². The maximum Gasteiger partial charge on any atom is 1.00 e. The molecule has 7 nitrogen and oxygen atoms in total. The first-order valence-corrected chi connectivity index (χ1v) is 11.8. The number of rotatable bonds is 16. The summed E-state index contributed by atoms with van der Waals surface area (Å²) in [5.41, 5.74) is 0. The first-order chi connectivity index (χ1) is 12.9. The molecule has 0 N–H and O–H groups in total. The van der Waals surface area contributed by atoms with Crippen LogP contribution in [-0.2, 0) is 28.8 Å². The van der Waals surface area contributed by atoms with Crippen LogP contribution in [0.4, 0.5) is 0 Å². The second-order valence-corrected chi connectivity index (χ2v) is 8.56. The van der Waals surface area contributed by atoms with E-state index in [-0.39, 0.29) is 36.0 Å². The fourth-order valence-electron chi connectivity index (χ4n) is 3.70. The van der Waals surface area contributed by atoms with Gasteiger partial charge < -0.3 is 18.8 Å². The third kappa shape index (κ3) is 8.12. The Morgan fingerprint density at radius 1 is 0.821 bits per heavy atom. The Hall–Kier alpha value is 0.750. The van der Waals surface area contributed by atoms with Gasteiger partial charge in [0.2, 0.25) is 22.0 Å². The molecule has 0 amide bonds. The monoisotopic (exact) mass is 430 g/mol. The van der Waals surface area contributed by atoms with E-state index in [1.165, 1.54) is 57.8 Å². The van der Waals surface area contributed by atoms with Crippen molar-refractivity contribution in [3.63, 3.8) is 0 Å². The zero-order valence-corrected chi connectivity index (χ0v) is 20.4. The first-order valence-electron chi connectivity index (χ1n) is 10.5. The van der Waals surface area contributed by atoms with Gasteiger partial charge in [-0.1, -0.05) is 71.1 Å². The summed E-state index contributed by atoms with van der Waals surface area (Å²) in [6.07, 6.45) is 14.4. The van der Waals surface area contributed by atoms with Crippen molar-refractivity contribution < 1.29 is 60.9 Å². The van der Waals surface area contributed by atoms with Crippen LogP contribution in [0.15, 0.2) is 0 Å². The molecular formula is C19H35NaO7S. The Kier molecular flexibility index (Phi) is 12.7. The van der Waals surface area contributed by atoms with E-state index in [0.717, 1.165) is 12.8 Å². The van der Waals surface area contributed by atoms with Crippen molar-refractivity contribution in [1.82, 2.24) is 0 Å². The van der Waals surface area contributed by atoms with Crippen LogP contribution in [0.3, 0.4) is 0 Å². The third-order valence-electron chi connectivity index (χ3n) is 5.43. The molecule has 2 saturated heterocycles. The minimum absolute atomic E-state index is 0. The van der Waals surface area contributed by atoms with Crippen molar-refractivity contribution in [2.24, 2.45) is 0 Å². The van der Waals surface area contributed by atoms with Crippen molar-refractivity contribution in [3.8, 4) is 0 Å². The van der Waals surface area contributed by atoms with Crippen molar-refractivity contribution in [2.45, 2.75) is 102 Å². The summed E-state index contributed by atoms with van der Waals surface area (Å²) in [5.74, 6) is -2.87. The van der Waals surface area contributed by atoms with Gasteiger partial charge in [0.1, 0.15) is 0 Å². The van der Waals surface area contributed by atoms with Crippen molar-refractivity contribution >= 4 is 10.4 Å². The fraction of sp³-hybridized carbons (Fsp3) is 1.00. The standard InChI is InChI=1S/C19H36O7S.Na/c1-2-3-4-5-6-7-8-9-10-11-12-15-23-18(13-16-24-18)19(14-17-25-19)26-27(20,21)22;/h2-17H2,1H3,(H,20,21,22);/q;+1/p-1. The van der Waals surface area contributed by atoms with E-state index >= 15 is 0 Å². The van der Waals surface area contributed by atoms with Gasteiger partial charge in [-0.2, -0.15) is 0 Å². The molecule has 2 fully saturated rings. The van der Waals surface area contributed by atoms with E-state index in [0.29, 0.717) is 26.2 Å². The molecule has 0 bridgehead atoms. The molecule has 0 radical (unpaired) electrons. The Balaban J connectivity index is 0.00000392. The van der Waals surface area contributed by atoms with Gasteiger partial charge in [-0.05, 0) is 6.42 Å². The normalized spacial score (nSPS) is 26.9. The summed E-state index contributed by atoms with van der Waals surface area (Å²) in [4.78, 5) is 0. The molecule has 0 aromatic rings. The second-order valence-electron chi connectivity index (χ2n) is 7.58. The van der Waals surface area contributed by atoms with Gasteiger partial charge in [0.15, 0.2) is 0 Å². The predicted octanol–water partition coefficient (Wildman–Crippen LogP) is 1.03. The van der Waals surface area contributed by atoms with Crippen LogP contribution in [0.25, 0.3) is 0 Å². The smallest absolute Gasteiger partial charge is 0.725 e. The molecule has 2 aliphatic heterocycles. The molecule has 9 heteroatoms. The summed E-state index contributed by atoms with van der Waals surface area (Å²) < 4.78 is 54.4. The largest absolute Gasteiger partial charge is 1.00 e. The van der Waals surface area contributed by atoms with Gasteiger partial charge in [-0.25, -0.2) is 12.6 Å². The molecule has 0 aliphatic carbocycles. The third-order valence-corrected chi connectivity index (χ3v) is 5.91. The molecule has 2 aliphatic rings. The van der Waals surface area contributed by atoms with E-state index in [9.17, 15) is 13.0 Å². The minimum atomic E-state index is -4.89. The molecule has 0 spiro atoms. The van der Waals surface area contributed by atoms with Gasteiger partial charge in [-0.15, -0.1) is 0 Å². The van der Waals surface area contributed by atoms with Crippen LogP contribution < -0.4 is 29.6 Å². The molecule has 28 heavy (non-hydrogen) atoms. The molecular weight excluding hydrogens is 395 g/mol. The second kappa shape index (κ2) is 13.2. The zero-order valence-electron chi connectivity index (χ0n) is 17.6. The summed E-state index contributed by atoms with van der Waals surface area (Å²) >= 11 is 0. The number of unbranched alkanes of at least 4 members (excludes halogenated alkanes) is 10. The average molecular weight is 431 g/mol. The number of hydrogen-bond acceptors (Lipinski definition) is 7. The van der Waals surface area contributed by atoms with E-state index in [1.807, 2.05) is 0 Å². The maximum absolute atomic E-state index is 11.0. The number of ether oxygens (including phenoxy) is 3. The van der Waals surface area contributed by atoms with Gasteiger partial charge in [0.05, 0.1) is 19.8 Å². The molecule has 2 rings (SSSR count). The SMILES string of the molecule is CCCCCCCCCCCCCOC1(C2(OS(=O)(=O)[O-])CCO2)CCO1.[Na+]. The Morgan fingerprint density at radius 2 is 1.25 bits per heavy atom. The average Bonchev–Trinajstić information content (AvgIpc) is 2.53. The molecule has 2 unspecified atom stereocenters. The minimum Gasteiger partial charge on any atom is -0.725 e. The topological polar surface area (TPSA) is 94.1 Å². The molecule has 160 valence electrons. The molecule has 2 heterocycles. The first kappa shape index (κ1) is 26.8. The summed E-state index contributed by atoms with van der Waals surface area (Å²) in [6, 6.07) is 0. The van der Waals surface area contributed by atoms with Gasteiger partial charge in [-0.3, -0.25) is 0 Å². The van der Waals surface area contributed by atoms with Crippen LogP contribution in [0.5, 0.6) is 0 Å². The van der Waals surface area contributed by atoms with E-state index in [1.54, 1.807) is 0 Å². The Morgan fingerprint density at radius 3 is 1.61 bits per heavy atom. The van der Waals surface area contributed by atoms with Crippen LogP contribution >= 0.6 is 0 Å². The van der Waals surface area contributed by atoms with E-state index in [4.69, 9.17) is 14.2 Å². The number of hydrogen-bond donors (Lipinski definition) is 0. The Bertz CT molecular complexity index is 518. The van der Waals surface area contributed by atoms with Gasteiger partial charge in [0.25, 0.3) is 0 Å². The molecule has 2 atom stereocenters. The molecule has 0 aromatic heterocycles. The fourth-order valence-corrected chi connectivity index (χ4v) is 4.29. The van der Waals surface area contributed by atoms with Crippen LogP contribution in [0.2, 0.25) is 0 Å². The summed E-state index contributed by atoms with van der Waals surface area (Å²) in [5, 5.41) is 0. The predicted molar refractivity (Wildman–Crippen MR) is 99.8 cm³/mol. The molecule has 0 aromatic carbocycles. The van der Waals surface area contributed by atoms with Gasteiger partial charge >= 0.3 is 29.6 Å². The quantitative estimate of drug-likeness (QED) is 0.156. The van der Waals surface area contributed by atoms with Gasteiger partial charge in [0, 0.05) is 12.8 Å². The maximum atomic E-state index is 11.0.